The Kier molecular flexibility index (Phi) is 8.28. The van der Waals surface area contributed by atoms with E-state index in [0.29, 0.717) is 12.6 Å². The molecule has 0 radical (unpaired) electrons. The highest BCUT2D eigenvalue weighted by Crippen LogP contribution is 2.25. The number of hydrogen-bond donors (Lipinski definition) is 2. The van der Waals surface area contributed by atoms with Gasteiger partial charge in [0.1, 0.15) is 0 Å². The van der Waals surface area contributed by atoms with Gasteiger partial charge >= 0.3 is 0 Å². The number of para-hydroxylation sites is 1. The van der Waals surface area contributed by atoms with Gasteiger partial charge in [0.2, 0.25) is 0 Å². The average molecular weight is 429 g/mol. The number of aryl methyl sites for hydroxylation is 1. The lowest BCUT2D eigenvalue weighted by atomic mass is 10.1. The molecule has 30 heavy (non-hydrogen) atoms. The molecular weight excluding hydrogens is 392 g/mol. The first-order valence-electron chi connectivity index (χ1n) is 11.4. The van der Waals surface area contributed by atoms with Crippen LogP contribution >= 0.6 is 12.2 Å². The predicted octanol–water partition coefficient (Wildman–Crippen LogP) is 4.19. The number of H-pyrrole nitrogens is 1. The van der Waals surface area contributed by atoms with Gasteiger partial charge in [-0.25, -0.2) is 0 Å². The Hall–Kier alpha value is -1.92. The second kappa shape index (κ2) is 10.9. The molecule has 164 valence electrons. The summed E-state index contributed by atoms with van der Waals surface area (Å²) in [6, 6.07) is 8.58. The monoisotopic (exact) mass is 428 g/mol. The average Bonchev–Trinajstić information content (AvgIpc) is 3.27. The predicted molar refractivity (Wildman–Crippen MR) is 130 cm³/mol. The molecule has 0 bridgehead atoms. The van der Waals surface area contributed by atoms with E-state index >= 15 is 0 Å². The smallest absolute Gasteiger partial charge is 0.253 e. The molecular formula is C24H36N4OS. The van der Waals surface area contributed by atoms with Gasteiger partial charge in [-0.1, -0.05) is 44.9 Å². The Morgan fingerprint density at radius 1 is 1.23 bits per heavy atom. The minimum atomic E-state index is -0.0101. The maximum atomic E-state index is 12.8. The molecule has 0 unspecified atom stereocenters. The van der Waals surface area contributed by atoms with Crippen LogP contribution in [0.3, 0.4) is 0 Å². The third kappa shape index (κ3) is 5.61. The summed E-state index contributed by atoms with van der Waals surface area (Å²) in [5.41, 5.74) is 2.79. The molecule has 1 aliphatic carbocycles. The number of rotatable bonds is 9. The molecule has 0 amide bonds. The van der Waals surface area contributed by atoms with Crippen molar-refractivity contribution in [3.8, 4) is 0 Å². The summed E-state index contributed by atoms with van der Waals surface area (Å²) in [5.74, 6) is 0. The molecule has 5 nitrogen and oxygen atoms in total. The largest absolute Gasteiger partial charge is 0.363 e. The molecule has 6 heteroatoms. The number of aromatic nitrogens is 1. The van der Waals surface area contributed by atoms with E-state index in [0.717, 1.165) is 72.6 Å². The Morgan fingerprint density at radius 3 is 2.67 bits per heavy atom. The molecule has 2 aromatic rings. The summed E-state index contributed by atoms with van der Waals surface area (Å²) in [5, 5.41) is 5.33. The van der Waals surface area contributed by atoms with Gasteiger partial charge < -0.3 is 20.1 Å². The lowest BCUT2D eigenvalue weighted by molar-refractivity contribution is 0.291. The van der Waals surface area contributed by atoms with E-state index in [1.165, 1.54) is 12.8 Å². The Balaban J connectivity index is 1.71. The van der Waals surface area contributed by atoms with Gasteiger partial charge in [0.25, 0.3) is 5.56 Å². The van der Waals surface area contributed by atoms with Crippen LogP contribution in [0.25, 0.3) is 10.9 Å². The van der Waals surface area contributed by atoms with Crippen LogP contribution in [0, 0.1) is 6.92 Å². The third-order valence-corrected chi connectivity index (χ3v) is 6.73. The quantitative estimate of drug-likeness (QED) is 0.463. The van der Waals surface area contributed by atoms with Crippen LogP contribution in [0.1, 0.15) is 57.1 Å². The minimum absolute atomic E-state index is 0.0101. The maximum absolute atomic E-state index is 12.8. The van der Waals surface area contributed by atoms with Gasteiger partial charge in [-0.15, -0.1) is 0 Å². The highest BCUT2D eigenvalue weighted by atomic mass is 32.1. The van der Waals surface area contributed by atoms with Crippen molar-refractivity contribution in [2.75, 3.05) is 26.2 Å². The molecule has 1 fully saturated rings. The molecule has 1 aromatic carbocycles. The highest BCUT2D eigenvalue weighted by molar-refractivity contribution is 7.80. The second-order valence-corrected chi connectivity index (χ2v) is 8.73. The standard InChI is InChI=1S/C24H36N4OS/c1-4-27(5-2)15-9-14-25-24(30)28(21-12-6-7-13-21)17-20-16-19-11-8-10-18(3)22(19)26-23(20)29/h8,10-11,16,21H,4-7,9,12-15,17H2,1-3H3,(H,25,30)(H,26,29). The van der Waals surface area contributed by atoms with Crippen LogP contribution < -0.4 is 10.9 Å². The number of benzene rings is 1. The van der Waals surface area contributed by atoms with Crippen LogP contribution in [0.5, 0.6) is 0 Å². The summed E-state index contributed by atoms with van der Waals surface area (Å²) in [6.45, 7) is 11.1. The van der Waals surface area contributed by atoms with Crippen molar-refractivity contribution < 1.29 is 0 Å². The van der Waals surface area contributed by atoms with Gasteiger partial charge in [0.15, 0.2) is 5.11 Å². The van der Waals surface area contributed by atoms with E-state index in [1.807, 2.05) is 25.1 Å². The number of fused-ring (bicyclic) bond motifs is 1. The summed E-state index contributed by atoms with van der Waals surface area (Å²) < 4.78 is 0. The Morgan fingerprint density at radius 2 is 1.97 bits per heavy atom. The van der Waals surface area contributed by atoms with Gasteiger partial charge in [-0.2, -0.15) is 0 Å². The fraction of sp³-hybridized carbons (Fsp3) is 0.583. The summed E-state index contributed by atoms with van der Waals surface area (Å²) in [7, 11) is 0. The molecule has 0 atom stereocenters. The normalized spacial score (nSPS) is 14.5. The number of hydrogen-bond acceptors (Lipinski definition) is 3. The molecule has 0 spiro atoms. The lowest BCUT2D eigenvalue weighted by Gasteiger charge is -2.32. The van der Waals surface area contributed by atoms with Crippen molar-refractivity contribution >= 4 is 28.2 Å². The van der Waals surface area contributed by atoms with Crippen molar-refractivity contribution in [3.05, 3.63) is 45.7 Å². The first kappa shape index (κ1) is 22.8. The third-order valence-electron chi connectivity index (χ3n) is 6.35. The number of thiocarbonyl (C=S) groups is 1. The Labute approximate surface area is 185 Å². The zero-order chi connectivity index (χ0) is 21.5. The van der Waals surface area contributed by atoms with Gasteiger partial charge in [-0.3, -0.25) is 4.79 Å². The number of pyridine rings is 1. The van der Waals surface area contributed by atoms with Gasteiger partial charge in [0.05, 0.1) is 12.1 Å². The summed E-state index contributed by atoms with van der Waals surface area (Å²) in [4.78, 5) is 20.6. The second-order valence-electron chi connectivity index (χ2n) is 8.34. The van der Waals surface area contributed by atoms with Crippen LogP contribution in [0.2, 0.25) is 0 Å². The molecule has 0 saturated heterocycles. The molecule has 1 heterocycles. The zero-order valence-electron chi connectivity index (χ0n) is 18.7. The summed E-state index contributed by atoms with van der Waals surface area (Å²) >= 11 is 5.80. The van der Waals surface area contributed by atoms with Crippen molar-refractivity contribution in [1.29, 1.82) is 0 Å². The molecule has 3 rings (SSSR count). The molecule has 2 N–H and O–H groups in total. The molecule has 1 saturated carbocycles. The SMILES string of the molecule is CCN(CC)CCCNC(=S)N(Cc1cc2cccc(C)c2[nH]c1=O)C1CCCC1. The van der Waals surface area contributed by atoms with E-state index in [4.69, 9.17) is 12.2 Å². The first-order valence-corrected chi connectivity index (χ1v) is 11.8. The topological polar surface area (TPSA) is 51.4 Å². The van der Waals surface area contributed by atoms with Crippen LogP contribution in [-0.4, -0.2) is 52.1 Å². The van der Waals surface area contributed by atoms with E-state index in [2.05, 4.69) is 40.0 Å². The number of nitrogens with one attached hydrogen (secondary N) is 2. The van der Waals surface area contributed by atoms with Gasteiger partial charge in [-0.05, 0) is 75.1 Å². The molecule has 1 aromatic heterocycles. The van der Waals surface area contributed by atoms with Crippen molar-refractivity contribution in [3.63, 3.8) is 0 Å². The van der Waals surface area contributed by atoms with E-state index < -0.39 is 0 Å². The van der Waals surface area contributed by atoms with Crippen molar-refractivity contribution in [2.45, 2.75) is 65.5 Å². The van der Waals surface area contributed by atoms with E-state index in [-0.39, 0.29) is 5.56 Å². The maximum Gasteiger partial charge on any atom is 0.253 e. The molecule has 1 aliphatic rings. The van der Waals surface area contributed by atoms with Crippen molar-refractivity contribution in [2.24, 2.45) is 0 Å². The van der Waals surface area contributed by atoms with Gasteiger partial charge in [0, 0.05) is 18.2 Å². The Bertz CT molecular complexity index is 900. The van der Waals surface area contributed by atoms with Crippen LogP contribution in [0.15, 0.2) is 29.1 Å². The van der Waals surface area contributed by atoms with E-state index in [1.54, 1.807) is 0 Å². The lowest BCUT2D eigenvalue weighted by Crippen LogP contribution is -2.46. The number of aromatic amines is 1. The van der Waals surface area contributed by atoms with E-state index in [9.17, 15) is 4.79 Å². The fourth-order valence-corrected chi connectivity index (χ4v) is 4.77. The molecule has 0 aliphatic heterocycles. The van der Waals surface area contributed by atoms with Crippen LogP contribution in [0.4, 0.5) is 0 Å². The highest BCUT2D eigenvalue weighted by Gasteiger charge is 2.25. The first-order chi connectivity index (χ1) is 14.5. The van der Waals surface area contributed by atoms with Crippen molar-refractivity contribution in [1.82, 2.24) is 20.1 Å². The van der Waals surface area contributed by atoms with Crippen LogP contribution in [-0.2, 0) is 6.54 Å². The summed E-state index contributed by atoms with van der Waals surface area (Å²) in [6.07, 6.45) is 5.83. The zero-order valence-corrected chi connectivity index (χ0v) is 19.5. The fourth-order valence-electron chi connectivity index (χ4n) is 4.45. The minimum Gasteiger partial charge on any atom is -0.363 e. The number of nitrogens with zero attached hydrogens (tertiary/aromatic N) is 2.